The Morgan fingerprint density at radius 3 is 2.93 bits per heavy atom. The highest BCUT2D eigenvalue weighted by molar-refractivity contribution is 7.13. The number of thiophene rings is 1. The van der Waals surface area contributed by atoms with E-state index >= 15 is 0 Å². The average Bonchev–Trinajstić information content (AvgIpc) is 3.15. The van der Waals surface area contributed by atoms with Gasteiger partial charge < -0.3 is 9.42 Å². The second-order valence-corrected chi connectivity index (χ2v) is 8.03. The summed E-state index contributed by atoms with van der Waals surface area (Å²) in [6.45, 7) is 2.79. The highest BCUT2D eigenvalue weighted by Crippen LogP contribution is 2.29. The molecule has 1 aliphatic rings. The zero-order valence-electron chi connectivity index (χ0n) is 15.4. The van der Waals surface area contributed by atoms with Crippen molar-refractivity contribution in [2.24, 2.45) is 0 Å². The van der Waals surface area contributed by atoms with E-state index in [1.165, 1.54) is 11.1 Å². The van der Waals surface area contributed by atoms with Crippen molar-refractivity contribution in [1.29, 1.82) is 0 Å². The third kappa shape index (κ3) is 4.63. The molecule has 0 aliphatic heterocycles. The number of hydrogen-bond acceptors (Lipinski definition) is 5. The molecule has 1 amide bonds. The van der Waals surface area contributed by atoms with Crippen LogP contribution in [0.15, 0.2) is 46.3 Å². The van der Waals surface area contributed by atoms with Crippen LogP contribution in [0, 0.1) is 6.92 Å². The number of carbonyl (C=O) groups is 1. The van der Waals surface area contributed by atoms with E-state index in [0.717, 1.165) is 24.1 Å². The van der Waals surface area contributed by atoms with Gasteiger partial charge in [0.2, 0.25) is 17.6 Å². The molecular formula is C21H23N3O2S. The van der Waals surface area contributed by atoms with Crippen molar-refractivity contribution in [3.63, 3.8) is 0 Å². The van der Waals surface area contributed by atoms with Crippen molar-refractivity contribution in [2.45, 2.75) is 51.6 Å². The number of aryl methyl sites for hydroxylation is 2. The molecule has 0 spiro atoms. The van der Waals surface area contributed by atoms with Crippen LogP contribution in [0.5, 0.6) is 0 Å². The standard InChI is InChI=1S/C21H23N3O2S/c1-15-5-2-6-16(13-15)14-24(17-10-11-17)20(25)9-3-8-19-22-21(23-26-19)18-7-4-12-27-18/h2,4-7,12-13,17H,3,8-11,14H2,1H3. The molecule has 1 saturated carbocycles. The van der Waals surface area contributed by atoms with E-state index in [0.29, 0.717) is 37.1 Å². The van der Waals surface area contributed by atoms with Gasteiger partial charge in [-0.25, -0.2) is 0 Å². The van der Waals surface area contributed by atoms with Crippen molar-refractivity contribution in [3.8, 4) is 10.7 Å². The van der Waals surface area contributed by atoms with Crippen LogP contribution in [0.25, 0.3) is 10.7 Å². The van der Waals surface area contributed by atoms with Crippen LogP contribution in [-0.4, -0.2) is 27.0 Å². The van der Waals surface area contributed by atoms with Crippen molar-refractivity contribution in [2.75, 3.05) is 0 Å². The normalized spacial score (nSPS) is 13.7. The molecule has 2 aromatic heterocycles. The highest BCUT2D eigenvalue weighted by atomic mass is 32.1. The lowest BCUT2D eigenvalue weighted by Gasteiger charge is -2.22. The fraction of sp³-hybridized carbons (Fsp3) is 0.381. The maximum absolute atomic E-state index is 12.8. The topological polar surface area (TPSA) is 59.2 Å². The van der Waals surface area contributed by atoms with Gasteiger partial charge in [-0.1, -0.05) is 41.1 Å². The molecule has 0 N–H and O–H groups in total. The predicted molar refractivity (Wildman–Crippen MR) is 105 cm³/mol. The first kappa shape index (κ1) is 17.9. The van der Waals surface area contributed by atoms with Gasteiger partial charge in [-0.3, -0.25) is 4.79 Å². The van der Waals surface area contributed by atoms with E-state index in [9.17, 15) is 4.79 Å². The minimum Gasteiger partial charge on any atom is -0.339 e. The van der Waals surface area contributed by atoms with E-state index in [-0.39, 0.29) is 5.91 Å². The molecule has 1 fully saturated rings. The molecule has 0 radical (unpaired) electrons. The predicted octanol–water partition coefficient (Wildman–Crippen LogP) is 4.62. The minimum atomic E-state index is 0.219. The first-order chi connectivity index (χ1) is 13.2. The number of hydrogen-bond donors (Lipinski definition) is 0. The maximum Gasteiger partial charge on any atom is 0.226 e. The fourth-order valence-electron chi connectivity index (χ4n) is 3.21. The Balaban J connectivity index is 1.31. The van der Waals surface area contributed by atoms with Crippen LogP contribution in [0.1, 0.15) is 42.7 Å². The van der Waals surface area contributed by atoms with Gasteiger partial charge in [0.1, 0.15) is 0 Å². The zero-order valence-corrected chi connectivity index (χ0v) is 16.2. The molecule has 0 atom stereocenters. The van der Waals surface area contributed by atoms with E-state index in [1.54, 1.807) is 11.3 Å². The van der Waals surface area contributed by atoms with E-state index in [1.807, 2.05) is 22.4 Å². The second kappa shape index (κ2) is 8.05. The van der Waals surface area contributed by atoms with Gasteiger partial charge in [-0.15, -0.1) is 11.3 Å². The Kier molecular flexibility index (Phi) is 5.34. The molecule has 1 aromatic carbocycles. The smallest absolute Gasteiger partial charge is 0.226 e. The number of nitrogens with zero attached hydrogens (tertiary/aromatic N) is 3. The van der Waals surface area contributed by atoms with Crippen LogP contribution in [0.3, 0.4) is 0 Å². The number of rotatable bonds is 8. The monoisotopic (exact) mass is 381 g/mol. The lowest BCUT2D eigenvalue weighted by Crippen LogP contribution is -2.32. The molecule has 4 rings (SSSR count). The number of aromatic nitrogens is 2. The molecule has 2 heterocycles. The third-order valence-electron chi connectivity index (χ3n) is 4.73. The van der Waals surface area contributed by atoms with E-state index in [2.05, 4.69) is 41.3 Å². The third-order valence-corrected chi connectivity index (χ3v) is 5.60. The molecule has 0 bridgehead atoms. The van der Waals surface area contributed by atoms with Gasteiger partial charge in [-0.2, -0.15) is 4.98 Å². The summed E-state index contributed by atoms with van der Waals surface area (Å²) in [7, 11) is 0. The summed E-state index contributed by atoms with van der Waals surface area (Å²) in [6.07, 6.45) is 4.10. The average molecular weight is 382 g/mol. The summed E-state index contributed by atoms with van der Waals surface area (Å²) in [5.74, 6) is 1.45. The Bertz CT molecular complexity index is 900. The lowest BCUT2D eigenvalue weighted by molar-refractivity contribution is -0.132. The van der Waals surface area contributed by atoms with Gasteiger partial charge >= 0.3 is 0 Å². The maximum atomic E-state index is 12.8. The SMILES string of the molecule is Cc1cccc(CN(C(=O)CCCc2nc(-c3cccs3)no2)C2CC2)c1. The zero-order chi connectivity index (χ0) is 18.6. The molecule has 1 aliphatic carbocycles. The van der Waals surface area contributed by atoms with Gasteiger partial charge in [0, 0.05) is 25.4 Å². The van der Waals surface area contributed by atoms with Crippen LogP contribution in [-0.2, 0) is 17.8 Å². The molecule has 5 nitrogen and oxygen atoms in total. The summed E-state index contributed by atoms with van der Waals surface area (Å²) in [6, 6.07) is 12.7. The summed E-state index contributed by atoms with van der Waals surface area (Å²) in [5.41, 5.74) is 2.43. The highest BCUT2D eigenvalue weighted by Gasteiger charge is 2.32. The first-order valence-corrected chi connectivity index (χ1v) is 10.3. The largest absolute Gasteiger partial charge is 0.339 e. The quantitative estimate of drug-likeness (QED) is 0.571. The Labute approximate surface area is 163 Å². The molecule has 27 heavy (non-hydrogen) atoms. The molecule has 0 unspecified atom stereocenters. The summed E-state index contributed by atoms with van der Waals surface area (Å²) in [5, 5.41) is 6.01. The number of amides is 1. The molecule has 0 saturated heterocycles. The summed E-state index contributed by atoms with van der Waals surface area (Å²) in [4.78, 5) is 20.2. The van der Waals surface area contributed by atoms with Gasteiger partial charge in [0.15, 0.2) is 0 Å². The lowest BCUT2D eigenvalue weighted by atomic mass is 10.1. The Hall–Kier alpha value is -2.47. The van der Waals surface area contributed by atoms with Gasteiger partial charge in [0.25, 0.3) is 0 Å². The summed E-state index contributed by atoms with van der Waals surface area (Å²) >= 11 is 1.59. The number of benzene rings is 1. The van der Waals surface area contributed by atoms with Crippen molar-refractivity contribution in [3.05, 3.63) is 58.8 Å². The van der Waals surface area contributed by atoms with E-state index in [4.69, 9.17) is 4.52 Å². The van der Waals surface area contributed by atoms with Crippen LogP contribution in [0.2, 0.25) is 0 Å². The Morgan fingerprint density at radius 1 is 1.30 bits per heavy atom. The Morgan fingerprint density at radius 2 is 2.19 bits per heavy atom. The van der Waals surface area contributed by atoms with Crippen LogP contribution >= 0.6 is 11.3 Å². The van der Waals surface area contributed by atoms with Gasteiger partial charge in [-0.05, 0) is 43.2 Å². The van der Waals surface area contributed by atoms with E-state index < -0.39 is 0 Å². The summed E-state index contributed by atoms with van der Waals surface area (Å²) < 4.78 is 5.32. The first-order valence-electron chi connectivity index (χ1n) is 9.40. The van der Waals surface area contributed by atoms with Crippen LogP contribution in [0.4, 0.5) is 0 Å². The fourth-order valence-corrected chi connectivity index (χ4v) is 3.86. The van der Waals surface area contributed by atoms with Crippen molar-refractivity contribution >= 4 is 17.2 Å². The molecule has 6 heteroatoms. The van der Waals surface area contributed by atoms with Gasteiger partial charge in [0.05, 0.1) is 4.88 Å². The van der Waals surface area contributed by atoms with Crippen molar-refractivity contribution < 1.29 is 9.32 Å². The molecule has 3 aromatic rings. The second-order valence-electron chi connectivity index (χ2n) is 7.08. The van der Waals surface area contributed by atoms with Crippen molar-refractivity contribution in [1.82, 2.24) is 15.0 Å². The minimum absolute atomic E-state index is 0.219. The number of carbonyl (C=O) groups excluding carboxylic acids is 1. The van der Waals surface area contributed by atoms with Crippen LogP contribution < -0.4 is 0 Å². The molecule has 140 valence electrons. The molecular weight excluding hydrogens is 358 g/mol.